The second-order valence-corrected chi connectivity index (χ2v) is 4.76. The minimum atomic E-state index is -0.0427. The molecule has 0 saturated heterocycles. The first kappa shape index (κ1) is 11.6. The molecule has 8 heteroatoms. The van der Waals surface area contributed by atoms with Gasteiger partial charge in [-0.3, -0.25) is 0 Å². The van der Waals surface area contributed by atoms with Gasteiger partial charge in [-0.05, 0) is 20.8 Å². The van der Waals surface area contributed by atoms with Crippen molar-refractivity contribution in [3.63, 3.8) is 0 Å². The number of nitrogens with one attached hydrogen (secondary N) is 2. The van der Waals surface area contributed by atoms with Crippen molar-refractivity contribution in [3.8, 4) is 0 Å². The highest BCUT2D eigenvalue weighted by molar-refractivity contribution is 4.94. The molecule has 0 bridgehead atoms. The van der Waals surface area contributed by atoms with Crippen LogP contribution in [-0.4, -0.2) is 35.6 Å². The van der Waals surface area contributed by atoms with Crippen LogP contribution < -0.4 is 5.32 Å². The van der Waals surface area contributed by atoms with Crippen LogP contribution >= 0.6 is 0 Å². The van der Waals surface area contributed by atoms with Gasteiger partial charge in [-0.2, -0.15) is 5.21 Å². The molecule has 0 fully saturated rings. The van der Waals surface area contributed by atoms with E-state index in [1.807, 2.05) is 10.9 Å². The van der Waals surface area contributed by atoms with E-state index in [1.54, 1.807) is 0 Å². The first-order valence-corrected chi connectivity index (χ1v) is 5.40. The smallest absolute Gasteiger partial charge is 0.188 e. The monoisotopic (exact) mass is 236 g/mol. The lowest BCUT2D eigenvalue weighted by molar-refractivity contribution is 0.347. The van der Waals surface area contributed by atoms with Crippen LogP contribution in [-0.2, 0) is 18.6 Å². The lowest BCUT2D eigenvalue weighted by Crippen LogP contribution is -2.22. The molecule has 0 saturated carbocycles. The van der Waals surface area contributed by atoms with Gasteiger partial charge in [-0.25, -0.2) is 4.68 Å². The van der Waals surface area contributed by atoms with Crippen molar-refractivity contribution in [1.82, 2.24) is 40.9 Å². The second-order valence-electron chi connectivity index (χ2n) is 4.76. The number of tetrazole rings is 1. The van der Waals surface area contributed by atoms with Crippen LogP contribution in [0.5, 0.6) is 0 Å². The van der Waals surface area contributed by atoms with Crippen molar-refractivity contribution in [2.24, 2.45) is 0 Å². The average molecular weight is 236 g/mol. The van der Waals surface area contributed by atoms with E-state index in [0.29, 0.717) is 18.9 Å². The lowest BCUT2D eigenvalue weighted by atomic mass is 10.1. The van der Waals surface area contributed by atoms with Crippen molar-refractivity contribution in [2.45, 2.75) is 39.4 Å². The Morgan fingerprint density at radius 3 is 2.71 bits per heavy atom. The maximum Gasteiger partial charge on any atom is 0.188 e. The fourth-order valence-electron chi connectivity index (χ4n) is 1.27. The Bertz CT molecular complexity index is 452. The minimum absolute atomic E-state index is 0.0427. The van der Waals surface area contributed by atoms with Gasteiger partial charge >= 0.3 is 0 Å². The summed E-state index contributed by atoms with van der Waals surface area (Å²) in [7, 11) is 0. The maximum absolute atomic E-state index is 4.09. The molecule has 0 amide bonds. The SMILES string of the molecule is CC(C)(C)n1cc(CNCc2nn[nH]n2)nn1. The highest BCUT2D eigenvalue weighted by Crippen LogP contribution is 2.11. The molecule has 0 aromatic carbocycles. The lowest BCUT2D eigenvalue weighted by Gasteiger charge is -2.17. The molecule has 8 nitrogen and oxygen atoms in total. The first-order chi connectivity index (χ1) is 8.05. The van der Waals surface area contributed by atoms with Crippen molar-refractivity contribution in [3.05, 3.63) is 17.7 Å². The fraction of sp³-hybridized carbons (Fsp3) is 0.667. The zero-order chi connectivity index (χ0) is 12.3. The molecule has 2 aromatic heterocycles. The molecule has 0 aliphatic carbocycles. The quantitative estimate of drug-likeness (QED) is 0.765. The Morgan fingerprint density at radius 2 is 2.12 bits per heavy atom. The zero-order valence-electron chi connectivity index (χ0n) is 10.2. The molecule has 2 heterocycles. The standard InChI is InChI=1S/C9H16N8/c1-9(2,3)17-6-7(11-16-17)4-10-5-8-12-14-15-13-8/h6,10H,4-5H2,1-3H3,(H,12,13,14,15). The molecule has 0 radical (unpaired) electrons. The normalized spacial score (nSPS) is 11.9. The summed E-state index contributed by atoms with van der Waals surface area (Å²) in [5.74, 6) is 0.633. The van der Waals surface area contributed by atoms with Crippen LogP contribution in [0.25, 0.3) is 0 Å². The van der Waals surface area contributed by atoms with Gasteiger partial charge in [-0.1, -0.05) is 10.4 Å². The van der Waals surface area contributed by atoms with Gasteiger partial charge in [0.25, 0.3) is 0 Å². The summed E-state index contributed by atoms with van der Waals surface area (Å²) >= 11 is 0. The molecule has 2 aromatic rings. The van der Waals surface area contributed by atoms with E-state index in [0.717, 1.165) is 5.69 Å². The Hall–Kier alpha value is -1.83. The maximum atomic E-state index is 4.09. The van der Waals surface area contributed by atoms with Gasteiger partial charge in [0.15, 0.2) is 5.82 Å². The Morgan fingerprint density at radius 1 is 1.29 bits per heavy atom. The summed E-state index contributed by atoms with van der Waals surface area (Å²) in [5, 5.41) is 24.9. The summed E-state index contributed by atoms with van der Waals surface area (Å²) in [6, 6.07) is 0. The molecule has 0 atom stereocenters. The predicted molar refractivity (Wildman–Crippen MR) is 59.7 cm³/mol. The number of aromatic amines is 1. The number of hydrogen-bond acceptors (Lipinski definition) is 6. The number of H-pyrrole nitrogens is 1. The van der Waals surface area contributed by atoms with Gasteiger partial charge < -0.3 is 5.32 Å². The summed E-state index contributed by atoms with van der Waals surface area (Å²) in [6.45, 7) is 7.43. The summed E-state index contributed by atoms with van der Waals surface area (Å²) in [4.78, 5) is 0. The van der Waals surface area contributed by atoms with Crippen LogP contribution in [0.15, 0.2) is 6.20 Å². The van der Waals surface area contributed by atoms with E-state index < -0.39 is 0 Å². The third-order valence-electron chi connectivity index (χ3n) is 2.21. The second kappa shape index (κ2) is 4.58. The van der Waals surface area contributed by atoms with Gasteiger partial charge in [0.05, 0.1) is 24.0 Å². The number of hydrogen-bond donors (Lipinski definition) is 2. The molecule has 0 aliphatic rings. The van der Waals surface area contributed by atoms with E-state index in [2.05, 4.69) is 57.0 Å². The van der Waals surface area contributed by atoms with Gasteiger partial charge in [-0.15, -0.1) is 15.3 Å². The predicted octanol–water partition coefficient (Wildman–Crippen LogP) is -0.164. The molecule has 2 rings (SSSR count). The highest BCUT2D eigenvalue weighted by Gasteiger charge is 2.14. The zero-order valence-corrected chi connectivity index (χ0v) is 10.2. The van der Waals surface area contributed by atoms with Crippen LogP contribution in [0.1, 0.15) is 32.3 Å². The van der Waals surface area contributed by atoms with Crippen LogP contribution in [0.3, 0.4) is 0 Å². The molecule has 0 spiro atoms. The van der Waals surface area contributed by atoms with Crippen LogP contribution in [0, 0.1) is 0 Å². The molecular weight excluding hydrogens is 220 g/mol. The van der Waals surface area contributed by atoms with Crippen LogP contribution in [0.4, 0.5) is 0 Å². The van der Waals surface area contributed by atoms with Gasteiger partial charge in [0, 0.05) is 6.54 Å². The molecule has 0 unspecified atom stereocenters. The summed E-state index contributed by atoms with van der Waals surface area (Å²) < 4.78 is 1.85. The molecule has 92 valence electrons. The first-order valence-electron chi connectivity index (χ1n) is 5.40. The van der Waals surface area contributed by atoms with Crippen molar-refractivity contribution < 1.29 is 0 Å². The minimum Gasteiger partial charge on any atom is -0.304 e. The van der Waals surface area contributed by atoms with E-state index >= 15 is 0 Å². The Kier molecular flexibility index (Phi) is 3.14. The van der Waals surface area contributed by atoms with Crippen molar-refractivity contribution >= 4 is 0 Å². The molecular formula is C9H16N8. The number of aromatic nitrogens is 7. The molecule has 2 N–H and O–H groups in total. The summed E-state index contributed by atoms with van der Waals surface area (Å²) in [6.07, 6.45) is 1.93. The Labute approximate surface area is 98.8 Å². The number of nitrogens with zero attached hydrogens (tertiary/aromatic N) is 6. The molecule has 0 aliphatic heterocycles. The highest BCUT2D eigenvalue weighted by atomic mass is 15.5. The van der Waals surface area contributed by atoms with Crippen LogP contribution in [0.2, 0.25) is 0 Å². The Balaban J connectivity index is 1.85. The fourth-order valence-corrected chi connectivity index (χ4v) is 1.27. The molecule has 17 heavy (non-hydrogen) atoms. The largest absolute Gasteiger partial charge is 0.304 e. The third-order valence-corrected chi connectivity index (χ3v) is 2.21. The van der Waals surface area contributed by atoms with E-state index in [-0.39, 0.29) is 5.54 Å². The summed E-state index contributed by atoms with van der Waals surface area (Å²) in [5.41, 5.74) is 0.849. The van der Waals surface area contributed by atoms with Crippen molar-refractivity contribution in [1.29, 1.82) is 0 Å². The topological polar surface area (TPSA) is 97.2 Å². The van der Waals surface area contributed by atoms with Gasteiger partial charge in [0.1, 0.15) is 0 Å². The van der Waals surface area contributed by atoms with E-state index in [4.69, 9.17) is 0 Å². The van der Waals surface area contributed by atoms with E-state index in [9.17, 15) is 0 Å². The number of rotatable bonds is 4. The third kappa shape index (κ3) is 3.06. The van der Waals surface area contributed by atoms with E-state index in [1.165, 1.54) is 0 Å². The van der Waals surface area contributed by atoms with Crippen molar-refractivity contribution in [2.75, 3.05) is 0 Å². The van der Waals surface area contributed by atoms with Gasteiger partial charge in [0.2, 0.25) is 0 Å². The average Bonchev–Trinajstić information content (AvgIpc) is 2.86.